The molecule has 6 heteroatoms. The first-order valence-electron chi connectivity index (χ1n) is 7.08. The van der Waals surface area contributed by atoms with E-state index in [2.05, 4.69) is 40.8 Å². The zero-order chi connectivity index (χ0) is 16.2. The molecular weight excluding hydrogens is 310 g/mol. The Kier molecular flexibility index (Phi) is 4.43. The highest BCUT2D eigenvalue weighted by Gasteiger charge is 2.07. The van der Waals surface area contributed by atoms with Gasteiger partial charge < -0.3 is 5.32 Å². The van der Waals surface area contributed by atoms with E-state index in [4.69, 9.17) is 0 Å². The lowest BCUT2D eigenvalue weighted by Gasteiger charge is -2.07. The van der Waals surface area contributed by atoms with Gasteiger partial charge in [0.1, 0.15) is 5.82 Å². The number of thioether (sulfide) groups is 1. The summed E-state index contributed by atoms with van der Waals surface area (Å²) in [6.07, 6.45) is 2.05. The summed E-state index contributed by atoms with van der Waals surface area (Å²) >= 11 is 1.72. The molecule has 0 atom stereocenters. The van der Waals surface area contributed by atoms with Crippen LogP contribution in [-0.4, -0.2) is 16.2 Å². The third-order valence-electron chi connectivity index (χ3n) is 3.52. The first kappa shape index (κ1) is 15.3. The highest BCUT2D eigenvalue weighted by molar-refractivity contribution is 7.98. The van der Waals surface area contributed by atoms with Crippen molar-refractivity contribution >= 4 is 34.2 Å². The monoisotopic (exact) mass is 325 g/mol. The number of hydrogen-bond donors (Lipinski definition) is 1. The van der Waals surface area contributed by atoms with Crippen LogP contribution >= 0.6 is 11.8 Å². The summed E-state index contributed by atoms with van der Waals surface area (Å²) in [4.78, 5) is 16.1. The minimum absolute atomic E-state index is 0.0777. The van der Waals surface area contributed by atoms with Gasteiger partial charge in [0, 0.05) is 29.0 Å². The van der Waals surface area contributed by atoms with Gasteiger partial charge in [0.25, 0.3) is 5.69 Å². The first-order chi connectivity index (χ1) is 11.2. The zero-order valence-electron chi connectivity index (χ0n) is 12.5. The van der Waals surface area contributed by atoms with Crippen molar-refractivity contribution in [3.05, 3.63) is 70.3 Å². The smallest absolute Gasteiger partial charge is 0.270 e. The number of benzene rings is 2. The SMILES string of the molecule is CSc1ccc(CNc2ccc3cc([N+](=O)[O-])ccc3n2)cc1. The van der Waals surface area contributed by atoms with Crippen molar-refractivity contribution in [1.82, 2.24) is 4.98 Å². The maximum absolute atomic E-state index is 10.8. The van der Waals surface area contributed by atoms with Crippen LogP contribution in [0.2, 0.25) is 0 Å². The zero-order valence-corrected chi connectivity index (χ0v) is 13.3. The number of anilines is 1. The second-order valence-electron chi connectivity index (χ2n) is 5.03. The summed E-state index contributed by atoms with van der Waals surface area (Å²) in [5, 5.41) is 14.8. The van der Waals surface area contributed by atoms with Crippen LogP contribution in [0.1, 0.15) is 5.56 Å². The number of pyridine rings is 1. The Balaban J connectivity index is 1.75. The van der Waals surface area contributed by atoms with Crippen molar-refractivity contribution in [1.29, 1.82) is 0 Å². The van der Waals surface area contributed by atoms with Crippen molar-refractivity contribution in [2.45, 2.75) is 11.4 Å². The lowest BCUT2D eigenvalue weighted by atomic mass is 10.2. The summed E-state index contributed by atoms with van der Waals surface area (Å²) in [5.74, 6) is 0.750. The average molecular weight is 325 g/mol. The Morgan fingerprint density at radius 2 is 1.91 bits per heavy atom. The predicted molar refractivity (Wildman–Crippen MR) is 93.9 cm³/mol. The molecule has 1 N–H and O–H groups in total. The van der Waals surface area contributed by atoms with E-state index in [1.807, 2.05) is 12.1 Å². The van der Waals surface area contributed by atoms with Gasteiger partial charge in [-0.1, -0.05) is 12.1 Å². The fourth-order valence-electron chi connectivity index (χ4n) is 2.26. The van der Waals surface area contributed by atoms with E-state index >= 15 is 0 Å². The molecule has 2 aromatic carbocycles. The number of aromatic nitrogens is 1. The molecule has 0 spiro atoms. The molecule has 0 aliphatic carbocycles. The van der Waals surface area contributed by atoms with Crippen molar-refractivity contribution in [3.8, 4) is 0 Å². The molecule has 1 heterocycles. The molecule has 5 nitrogen and oxygen atoms in total. The Labute approximate surface area is 137 Å². The van der Waals surface area contributed by atoms with Crippen molar-refractivity contribution in [3.63, 3.8) is 0 Å². The molecule has 1 aromatic heterocycles. The second kappa shape index (κ2) is 6.66. The van der Waals surface area contributed by atoms with E-state index in [0.29, 0.717) is 6.54 Å². The summed E-state index contributed by atoms with van der Waals surface area (Å²) in [6.45, 7) is 0.681. The van der Waals surface area contributed by atoms with Crippen molar-refractivity contribution in [2.24, 2.45) is 0 Å². The van der Waals surface area contributed by atoms with E-state index in [0.717, 1.165) is 16.7 Å². The van der Waals surface area contributed by atoms with Crippen LogP contribution in [-0.2, 0) is 6.54 Å². The maximum atomic E-state index is 10.8. The van der Waals surface area contributed by atoms with Gasteiger partial charge in [0.2, 0.25) is 0 Å². The molecule has 0 amide bonds. The molecule has 116 valence electrons. The van der Waals surface area contributed by atoms with Crippen molar-refractivity contribution < 1.29 is 4.92 Å². The minimum Gasteiger partial charge on any atom is -0.366 e. The van der Waals surface area contributed by atoms with Gasteiger partial charge in [0.05, 0.1) is 10.4 Å². The number of nitro groups is 1. The summed E-state index contributed by atoms with van der Waals surface area (Å²) in [6, 6.07) is 16.7. The molecular formula is C17H15N3O2S. The van der Waals surface area contributed by atoms with Gasteiger partial charge in [0.15, 0.2) is 0 Å². The van der Waals surface area contributed by atoms with Gasteiger partial charge >= 0.3 is 0 Å². The third-order valence-corrected chi connectivity index (χ3v) is 4.26. The van der Waals surface area contributed by atoms with Crippen LogP contribution in [0.15, 0.2) is 59.5 Å². The van der Waals surface area contributed by atoms with Gasteiger partial charge in [-0.25, -0.2) is 4.98 Å². The van der Waals surface area contributed by atoms with Crippen molar-refractivity contribution in [2.75, 3.05) is 11.6 Å². The molecule has 0 saturated heterocycles. The molecule has 0 radical (unpaired) electrons. The van der Waals surface area contributed by atoms with Crippen LogP contribution < -0.4 is 5.32 Å². The lowest BCUT2D eigenvalue weighted by Crippen LogP contribution is -2.01. The maximum Gasteiger partial charge on any atom is 0.270 e. The molecule has 0 aliphatic rings. The number of fused-ring (bicyclic) bond motifs is 1. The largest absolute Gasteiger partial charge is 0.366 e. The van der Waals surface area contributed by atoms with E-state index in [1.54, 1.807) is 17.8 Å². The van der Waals surface area contributed by atoms with Crippen LogP contribution in [0.4, 0.5) is 11.5 Å². The Morgan fingerprint density at radius 3 is 2.61 bits per heavy atom. The van der Waals surface area contributed by atoms with Crippen LogP contribution in [0.25, 0.3) is 10.9 Å². The van der Waals surface area contributed by atoms with Gasteiger partial charge in [-0.3, -0.25) is 10.1 Å². The standard InChI is InChI=1S/C17H15N3O2S/c1-23-15-6-2-12(3-7-15)11-18-17-9-4-13-10-14(20(21)22)5-8-16(13)19-17/h2-10H,11H2,1H3,(H,18,19). The van der Waals surface area contributed by atoms with E-state index in [-0.39, 0.29) is 5.69 Å². The molecule has 23 heavy (non-hydrogen) atoms. The number of rotatable bonds is 5. The Hall–Kier alpha value is -2.60. The number of non-ortho nitro benzene ring substituents is 1. The molecule has 3 aromatic rings. The Morgan fingerprint density at radius 1 is 1.13 bits per heavy atom. The van der Waals surface area contributed by atoms with E-state index in [1.165, 1.54) is 22.6 Å². The number of nitrogens with one attached hydrogen (secondary N) is 1. The van der Waals surface area contributed by atoms with Crippen LogP contribution in [0, 0.1) is 10.1 Å². The lowest BCUT2D eigenvalue weighted by molar-refractivity contribution is -0.384. The van der Waals surface area contributed by atoms with Gasteiger partial charge in [-0.05, 0) is 42.2 Å². The fraction of sp³-hybridized carbons (Fsp3) is 0.118. The number of nitro benzene ring substituents is 1. The number of hydrogen-bond acceptors (Lipinski definition) is 5. The predicted octanol–water partition coefficient (Wildman–Crippen LogP) is 4.48. The highest BCUT2D eigenvalue weighted by atomic mass is 32.2. The summed E-state index contributed by atoms with van der Waals surface area (Å²) < 4.78 is 0. The highest BCUT2D eigenvalue weighted by Crippen LogP contribution is 2.21. The fourth-order valence-corrected chi connectivity index (χ4v) is 2.67. The van der Waals surface area contributed by atoms with E-state index in [9.17, 15) is 10.1 Å². The van der Waals surface area contributed by atoms with Crippen LogP contribution in [0.3, 0.4) is 0 Å². The van der Waals surface area contributed by atoms with E-state index < -0.39 is 4.92 Å². The second-order valence-corrected chi connectivity index (χ2v) is 5.91. The van der Waals surface area contributed by atoms with Crippen LogP contribution in [0.5, 0.6) is 0 Å². The molecule has 3 rings (SSSR count). The summed E-state index contributed by atoms with van der Waals surface area (Å²) in [7, 11) is 0. The molecule has 0 saturated carbocycles. The molecule has 0 unspecified atom stereocenters. The quantitative estimate of drug-likeness (QED) is 0.425. The number of nitrogens with zero attached hydrogens (tertiary/aromatic N) is 2. The Bertz CT molecular complexity index is 850. The third kappa shape index (κ3) is 3.60. The summed E-state index contributed by atoms with van der Waals surface area (Å²) in [5.41, 5.74) is 1.99. The van der Waals surface area contributed by atoms with Gasteiger partial charge in [-0.2, -0.15) is 0 Å². The van der Waals surface area contributed by atoms with Gasteiger partial charge in [-0.15, -0.1) is 11.8 Å². The molecule has 0 fully saturated rings. The minimum atomic E-state index is -0.399. The first-order valence-corrected chi connectivity index (χ1v) is 8.30. The normalized spacial score (nSPS) is 10.7. The molecule has 0 aliphatic heterocycles. The average Bonchev–Trinajstić information content (AvgIpc) is 2.59. The topological polar surface area (TPSA) is 68.1 Å². The molecule has 0 bridgehead atoms.